The van der Waals surface area contributed by atoms with Crippen LogP contribution >= 0.6 is 23.2 Å². The molecule has 0 spiro atoms. The van der Waals surface area contributed by atoms with Crippen LogP contribution in [0.15, 0.2) is 55.1 Å². The molecular weight excluding hydrogens is 265 g/mol. The third kappa shape index (κ3) is 3.28. The van der Waals surface area contributed by atoms with E-state index in [1.807, 2.05) is 36.4 Å². The summed E-state index contributed by atoms with van der Waals surface area (Å²) in [5.41, 5.74) is 3.00. The molecule has 0 saturated carbocycles. The van der Waals surface area contributed by atoms with Gasteiger partial charge >= 0.3 is 0 Å². The minimum Gasteiger partial charge on any atom is -0.380 e. The van der Waals surface area contributed by atoms with Gasteiger partial charge in [0, 0.05) is 11.6 Å². The minimum atomic E-state index is 0.614. The maximum Gasteiger partial charge on any atom is 0.0652 e. The number of benzene rings is 2. The van der Waals surface area contributed by atoms with Gasteiger partial charge in [-0.3, -0.25) is 0 Å². The lowest BCUT2D eigenvalue weighted by molar-refractivity contribution is 1.34. The van der Waals surface area contributed by atoms with E-state index in [1.54, 1.807) is 12.1 Å². The molecule has 0 aliphatic rings. The first-order chi connectivity index (χ1) is 8.66. The molecule has 92 valence electrons. The molecule has 0 unspecified atom stereocenters. The first-order valence-electron chi connectivity index (χ1n) is 5.59. The number of anilines is 1. The van der Waals surface area contributed by atoms with Gasteiger partial charge in [-0.2, -0.15) is 0 Å². The molecule has 0 aromatic heterocycles. The Balaban J connectivity index is 2.02. The highest BCUT2D eigenvalue weighted by atomic mass is 35.5. The van der Waals surface area contributed by atoms with Crippen molar-refractivity contribution in [2.75, 3.05) is 11.9 Å². The Bertz CT molecular complexity index is 550. The smallest absolute Gasteiger partial charge is 0.0652 e. The van der Waals surface area contributed by atoms with Crippen molar-refractivity contribution in [3.63, 3.8) is 0 Å². The minimum absolute atomic E-state index is 0.614. The Morgan fingerprint density at radius 3 is 2.44 bits per heavy atom. The van der Waals surface area contributed by atoms with E-state index >= 15 is 0 Å². The number of rotatable bonds is 4. The van der Waals surface area contributed by atoms with Crippen molar-refractivity contribution < 1.29 is 0 Å². The van der Waals surface area contributed by atoms with Gasteiger partial charge in [0.25, 0.3) is 0 Å². The monoisotopic (exact) mass is 277 g/mol. The van der Waals surface area contributed by atoms with Crippen LogP contribution in [0.2, 0.25) is 10.0 Å². The number of hydrogen-bond donors (Lipinski definition) is 1. The van der Waals surface area contributed by atoms with Gasteiger partial charge in [-0.25, -0.2) is 0 Å². The predicted molar refractivity (Wildman–Crippen MR) is 80.4 cm³/mol. The lowest BCUT2D eigenvalue weighted by atomic mass is 10.1. The summed E-state index contributed by atoms with van der Waals surface area (Å²) in [4.78, 5) is 0. The molecule has 2 rings (SSSR count). The van der Waals surface area contributed by atoms with Crippen LogP contribution in [0.5, 0.6) is 0 Å². The van der Waals surface area contributed by atoms with Gasteiger partial charge in [0.1, 0.15) is 0 Å². The molecule has 0 bridgehead atoms. The number of halogens is 2. The summed E-state index contributed by atoms with van der Waals surface area (Å²) in [5.74, 6) is 0. The maximum atomic E-state index is 6.08. The summed E-state index contributed by atoms with van der Waals surface area (Å²) in [6.45, 7) is 4.70. The molecule has 0 aliphatic heterocycles. The van der Waals surface area contributed by atoms with Crippen molar-refractivity contribution >= 4 is 34.5 Å². The van der Waals surface area contributed by atoms with Crippen molar-refractivity contribution in [2.24, 2.45) is 0 Å². The van der Waals surface area contributed by atoms with Crippen LogP contribution in [0.3, 0.4) is 0 Å². The Morgan fingerprint density at radius 1 is 1.06 bits per heavy atom. The van der Waals surface area contributed by atoms with Crippen molar-refractivity contribution in [1.82, 2.24) is 0 Å². The largest absolute Gasteiger partial charge is 0.380 e. The summed E-state index contributed by atoms with van der Waals surface area (Å²) in [6, 6.07) is 15.4. The fourth-order valence-electron chi connectivity index (χ4n) is 1.61. The molecule has 0 amide bonds. The average Bonchev–Trinajstić information content (AvgIpc) is 2.38. The zero-order valence-corrected chi connectivity index (χ0v) is 11.3. The Labute approximate surface area is 117 Å². The summed E-state index contributed by atoms with van der Waals surface area (Å²) >= 11 is 11.9. The molecule has 0 fully saturated rings. The molecule has 0 aliphatic carbocycles. The molecule has 1 N–H and O–H groups in total. The SMILES string of the molecule is C=C(CNc1ccc(Cl)cc1Cl)c1ccccc1. The number of hydrogen-bond acceptors (Lipinski definition) is 1. The first-order valence-corrected chi connectivity index (χ1v) is 6.34. The molecule has 3 heteroatoms. The third-order valence-electron chi connectivity index (χ3n) is 2.61. The van der Waals surface area contributed by atoms with Crippen molar-refractivity contribution in [2.45, 2.75) is 0 Å². The van der Waals surface area contributed by atoms with Crippen LogP contribution in [0.1, 0.15) is 5.56 Å². The first kappa shape index (κ1) is 13.0. The van der Waals surface area contributed by atoms with Gasteiger partial charge in [0.05, 0.1) is 10.7 Å². The van der Waals surface area contributed by atoms with Crippen molar-refractivity contribution in [3.05, 3.63) is 70.7 Å². The lowest BCUT2D eigenvalue weighted by Crippen LogP contribution is -2.03. The Kier molecular flexibility index (Phi) is 4.29. The fourth-order valence-corrected chi connectivity index (χ4v) is 2.09. The van der Waals surface area contributed by atoms with Gasteiger partial charge in [0.15, 0.2) is 0 Å². The van der Waals surface area contributed by atoms with E-state index in [2.05, 4.69) is 11.9 Å². The lowest BCUT2D eigenvalue weighted by Gasteiger charge is -2.10. The van der Waals surface area contributed by atoms with Gasteiger partial charge in [-0.1, -0.05) is 60.1 Å². The molecule has 0 atom stereocenters. The molecule has 0 heterocycles. The standard InChI is InChI=1S/C15H13Cl2N/c1-11(12-5-3-2-4-6-12)10-18-15-8-7-13(16)9-14(15)17/h2-9,18H,1,10H2. The van der Waals surface area contributed by atoms with Crippen LogP contribution in [-0.4, -0.2) is 6.54 Å². The molecule has 1 nitrogen and oxygen atoms in total. The maximum absolute atomic E-state index is 6.08. The van der Waals surface area contributed by atoms with E-state index in [0.29, 0.717) is 16.6 Å². The van der Waals surface area contributed by atoms with Gasteiger partial charge < -0.3 is 5.32 Å². The molecule has 2 aromatic rings. The predicted octanol–water partition coefficient (Wildman–Crippen LogP) is 5.12. The van der Waals surface area contributed by atoms with Crippen LogP contribution in [0.4, 0.5) is 5.69 Å². The van der Waals surface area contributed by atoms with Crippen LogP contribution in [-0.2, 0) is 0 Å². The van der Waals surface area contributed by atoms with Gasteiger partial charge in [-0.15, -0.1) is 0 Å². The second-order valence-electron chi connectivity index (χ2n) is 3.95. The van der Waals surface area contributed by atoms with Gasteiger partial charge in [0.2, 0.25) is 0 Å². The average molecular weight is 278 g/mol. The molecule has 0 saturated heterocycles. The summed E-state index contributed by atoms with van der Waals surface area (Å²) in [6.07, 6.45) is 0. The summed E-state index contributed by atoms with van der Waals surface area (Å²) < 4.78 is 0. The highest BCUT2D eigenvalue weighted by molar-refractivity contribution is 6.36. The van der Waals surface area contributed by atoms with E-state index in [-0.39, 0.29) is 0 Å². The molecule has 18 heavy (non-hydrogen) atoms. The second kappa shape index (κ2) is 5.94. The van der Waals surface area contributed by atoms with Crippen LogP contribution in [0.25, 0.3) is 5.57 Å². The van der Waals surface area contributed by atoms with Crippen LogP contribution in [0, 0.1) is 0 Å². The van der Waals surface area contributed by atoms with E-state index in [0.717, 1.165) is 16.8 Å². The molecular formula is C15H13Cl2N. The van der Waals surface area contributed by atoms with E-state index in [4.69, 9.17) is 23.2 Å². The van der Waals surface area contributed by atoms with E-state index < -0.39 is 0 Å². The van der Waals surface area contributed by atoms with E-state index in [9.17, 15) is 0 Å². The number of nitrogens with one attached hydrogen (secondary N) is 1. The fraction of sp³-hybridized carbons (Fsp3) is 0.0667. The normalized spacial score (nSPS) is 10.1. The zero-order chi connectivity index (χ0) is 13.0. The Morgan fingerprint density at radius 2 is 1.78 bits per heavy atom. The van der Waals surface area contributed by atoms with Crippen LogP contribution < -0.4 is 5.32 Å². The quantitative estimate of drug-likeness (QED) is 0.818. The van der Waals surface area contributed by atoms with E-state index in [1.165, 1.54) is 0 Å². The molecule has 0 radical (unpaired) electrons. The summed E-state index contributed by atoms with van der Waals surface area (Å²) in [7, 11) is 0. The molecule has 2 aromatic carbocycles. The zero-order valence-electron chi connectivity index (χ0n) is 9.79. The third-order valence-corrected chi connectivity index (χ3v) is 3.15. The topological polar surface area (TPSA) is 12.0 Å². The highest BCUT2D eigenvalue weighted by Crippen LogP contribution is 2.26. The van der Waals surface area contributed by atoms with Gasteiger partial charge in [-0.05, 0) is 29.3 Å². The second-order valence-corrected chi connectivity index (χ2v) is 4.79. The highest BCUT2D eigenvalue weighted by Gasteiger charge is 2.02. The Hall–Kier alpha value is -1.44. The van der Waals surface area contributed by atoms with Crippen molar-refractivity contribution in [3.8, 4) is 0 Å². The van der Waals surface area contributed by atoms with Crippen molar-refractivity contribution in [1.29, 1.82) is 0 Å². The summed E-state index contributed by atoms with van der Waals surface area (Å²) in [5, 5.41) is 4.49.